The van der Waals surface area contributed by atoms with E-state index in [2.05, 4.69) is 35.5 Å². The van der Waals surface area contributed by atoms with Crippen molar-refractivity contribution < 1.29 is 14.6 Å². The molecule has 1 aromatic carbocycles. The predicted octanol–water partition coefficient (Wildman–Crippen LogP) is 2.66. The van der Waals surface area contributed by atoms with Gasteiger partial charge in [-0.2, -0.15) is 0 Å². The third kappa shape index (κ3) is 2.99. The maximum atomic E-state index is 10.7. The maximum absolute atomic E-state index is 10.7. The van der Waals surface area contributed by atoms with Gasteiger partial charge in [-0.05, 0) is 43.5 Å². The molecule has 2 rings (SSSR count). The Morgan fingerprint density at radius 1 is 1.35 bits per heavy atom. The van der Waals surface area contributed by atoms with Gasteiger partial charge >= 0.3 is 5.97 Å². The van der Waals surface area contributed by atoms with E-state index in [1.807, 2.05) is 0 Å². The highest BCUT2D eigenvalue weighted by Crippen LogP contribution is 2.22. The molecule has 0 aliphatic carbocycles. The molecular formula is C15H20N2O3. The second-order valence-corrected chi connectivity index (χ2v) is 5.04. The van der Waals surface area contributed by atoms with Gasteiger partial charge in [-0.3, -0.25) is 4.79 Å². The molecule has 1 aromatic heterocycles. The van der Waals surface area contributed by atoms with Crippen LogP contribution in [0.15, 0.2) is 12.1 Å². The smallest absolute Gasteiger partial charge is 0.303 e. The van der Waals surface area contributed by atoms with Crippen molar-refractivity contribution in [3.8, 4) is 0 Å². The number of fused-ring (bicyclic) bond motifs is 1. The number of nitrogens with zero attached hydrogens (tertiary/aromatic N) is 2. The number of aliphatic carboxylic acids is 1. The molecule has 0 aliphatic rings. The standard InChI is InChI=1S/C15H20N2O3/c1-10-7-12-13(8-11(10)2)17(6-4-5-15(18)19)14(16-12)9-20-3/h7-8H,4-6,9H2,1-3H3,(H,18,19). The second-order valence-electron chi connectivity index (χ2n) is 5.04. The Morgan fingerprint density at radius 2 is 2.05 bits per heavy atom. The van der Waals surface area contributed by atoms with Crippen LogP contribution in [0.2, 0.25) is 0 Å². The molecule has 0 unspecified atom stereocenters. The quantitative estimate of drug-likeness (QED) is 0.881. The van der Waals surface area contributed by atoms with Crippen LogP contribution in [-0.2, 0) is 22.7 Å². The van der Waals surface area contributed by atoms with E-state index in [1.165, 1.54) is 11.1 Å². The summed E-state index contributed by atoms with van der Waals surface area (Å²) in [6, 6.07) is 4.18. The van der Waals surface area contributed by atoms with Crippen molar-refractivity contribution in [2.24, 2.45) is 0 Å². The number of rotatable bonds is 6. The first kappa shape index (κ1) is 14.5. The first-order valence-electron chi connectivity index (χ1n) is 6.70. The summed E-state index contributed by atoms with van der Waals surface area (Å²) in [4.78, 5) is 15.2. The van der Waals surface area contributed by atoms with Crippen molar-refractivity contribution in [3.63, 3.8) is 0 Å². The molecule has 0 atom stereocenters. The minimum Gasteiger partial charge on any atom is -0.481 e. The first-order valence-corrected chi connectivity index (χ1v) is 6.70. The zero-order chi connectivity index (χ0) is 14.7. The first-order chi connectivity index (χ1) is 9.52. The van der Waals surface area contributed by atoms with E-state index < -0.39 is 5.97 Å². The fourth-order valence-electron chi connectivity index (χ4n) is 2.31. The number of carboxylic acid groups (broad SMARTS) is 1. The van der Waals surface area contributed by atoms with Crippen LogP contribution < -0.4 is 0 Å². The van der Waals surface area contributed by atoms with Crippen molar-refractivity contribution >= 4 is 17.0 Å². The summed E-state index contributed by atoms with van der Waals surface area (Å²) in [6.07, 6.45) is 0.751. The number of methoxy groups -OCH3 is 1. The van der Waals surface area contributed by atoms with Gasteiger partial charge in [0.2, 0.25) is 0 Å². The van der Waals surface area contributed by atoms with Crippen LogP contribution in [0.4, 0.5) is 0 Å². The number of benzene rings is 1. The lowest BCUT2D eigenvalue weighted by Gasteiger charge is -2.08. The highest BCUT2D eigenvalue weighted by molar-refractivity contribution is 5.78. The number of ether oxygens (including phenoxy) is 1. The van der Waals surface area contributed by atoms with Gasteiger partial charge in [0, 0.05) is 20.1 Å². The normalized spacial score (nSPS) is 11.2. The number of aromatic nitrogens is 2. The lowest BCUT2D eigenvalue weighted by molar-refractivity contribution is -0.137. The Hall–Kier alpha value is -1.88. The lowest BCUT2D eigenvalue weighted by atomic mass is 10.1. The molecule has 0 radical (unpaired) electrons. The van der Waals surface area contributed by atoms with E-state index >= 15 is 0 Å². The average Bonchev–Trinajstić information content (AvgIpc) is 2.68. The fourth-order valence-corrected chi connectivity index (χ4v) is 2.31. The minimum absolute atomic E-state index is 0.164. The molecule has 108 valence electrons. The van der Waals surface area contributed by atoms with Crippen molar-refractivity contribution in [2.45, 2.75) is 39.8 Å². The Balaban J connectivity index is 2.39. The number of aryl methyl sites for hydroxylation is 3. The Bertz CT molecular complexity index is 632. The zero-order valence-electron chi connectivity index (χ0n) is 12.1. The zero-order valence-corrected chi connectivity index (χ0v) is 12.1. The highest BCUT2D eigenvalue weighted by Gasteiger charge is 2.12. The maximum Gasteiger partial charge on any atom is 0.303 e. The van der Waals surface area contributed by atoms with Gasteiger partial charge in [0.1, 0.15) is 12.4 Å². The topological polar surface area (TPSA) is 64.4 Å². The van der Waals surface area contributed by atoms with E-state index in [0.717, 1.165) is 16.9 Å². The third-order valence-corrected chi connectivity index (χ3v) is 3.49. The van der Waals surface area contributed by atoms with Gasteiger partial charge in [0.25, 0.3) is 0 Å². The SMILES string of the molecule is COCc1nc2cc(C)c(C)cc2n1CCCC(=O)O. The monoisotopic (exact) mass is 276 g/mol. The number of hydrogen-bond acceptors (Lipinski definition) is 3. The molecule has 0 spiro atoms. The van der Waals surface area contributed by atoms with Crippen LogP contribution in [0.3, 0.4) is 0 Å². The Labute approximate surface area is 118 Å². The van der Waals surface area contributed by atoms with Crippen molar-refractivity contribution in [1.82, 2.24) is 9.55 Å². The van der Waals surface area contributed by atoms with E-state index in [9.17, 15) is 4.79 Å². The van der Waals surface area contributed by atoms with Crippen LogP contribution in [0.25, 0.3) is 11.0 Å². The van der Waals surface area contributed by atoms with E-state index in [0.29, 0.717) is 19.6 Å². The number of imidazole rings is 1. The molecule has 0 saturated carbocycles. The molecule has 0 bridgehead atoms. The molecule has 0 fully saturated rings. The largest absolute Gasteiger partial charge is 0.481 e. The summed E-state index contributed by atoms with van der Waals surface area (Å²) < 4.78 is 7.25. The van der Waals surface area contributed by atoms with Crippen molar-refractivity contribution in [3.05, 3.63) is 29.1 Å². The minimum atomic E-state index is -0.769. The molecule has 5 nitrogen and oxygen atoms in total. The molecule has 2 aromatic rings. The Kier molecular flexibility index (Phi) is 4.39. The Morgan fingerprint density at radius 3 is 2.70 bits per heavy atom. The third-order valence-electron chi connectivity index (χ3n) is 3.49. The summed E-state index contributed by atoms with van der Waals surface area (Å²) in [5.41, 5.74) is 4.40. The highest BCUT2D eigenvalue weighted by atomic mass is 16.5. The average molecular weight is 276 g/mol. The number of carbonyl (C=O) groups is 1. The van der Waals surface area contributed by atoms with Gasteiger partial charge in [0.05, 0.1) is 11.0 Å². The molecule has 0 aliphatic heterocycles. The van der Waals surface area contributed by atoms with Crippen LogP contribution in [0, 0.1) is 13.8 Å². The van der Waals surface area contributed by atoms with Crippen LogP contribution in [-0.4, -0.2) is 27.7 Å². The van der Waals surface area contributed by atoms with Crippen molar-refractivity contribution in [2.75, 3.05) is 7.11 Å². The molecular weight excluding hydrogens is 256 g/mol. The van der Waals surface area contributed by atoms with Crippen LogP contribution >= 0.6 is 0 Å². The van der Waals surface area contributed by atoms with Gasteiger partial charge < -0.3 is 14.4 Å². The van der Waals surface area contributed by atoms with Crippen LogP contribution in [0.1, 0.15) is 29.8 Å². The summed E-state index contributed by atoms with van der Waals surface area (Å²) in [5.74, 6) is 0.0765. The fraction of sp³-hybridized carbons (Fsp3) is 0.467. The summed E-state index contributed by atoms with van der Waals surface area (Å²) in [6.45, 7) is 5.21. The van der Waals surface area contributed by atoms with Gasteiger partial charge in [0.15, 0.2) is 0 Å². The van der Waals surface area contributed by atoms with E-state index in [1.54, 1.807) is 7.11 Å². The molecule has 20 heavy (non-hydrogen) atoms. The summed E-state index contributed by atoms with van der Waals surface area (Å²) in [5, 5.41) is 8.76. The molecule has 0 saturated heterocycles. The summed E-state index contributed by atoms with van der Waals surface area (Å²) >= 11 is 0. The lowest BCUT2D eigenvalue weighted by Crippen LogP contribution is -2.07. The van der Waals surface area contributed by atoms with Crippen LogP contribution in [0.5, 0.6) is 0 Å². The van der Waals surface area contributed by atoms with Crippen molar-refractivity contribution in [1.29, 1.82) is 0 Å². The summed E-state index contributed by atoms with van der Waals surface area (Å²) in [7, 11) is 1.64. The molecule has 1 heterocycles. The number of hydrogen-bond donors (Lipinski definition) is 1. The molecule has 1 N–H and O–H groups in total. The van der Waals surface area contributed by atoms with Gasteiger partial charge in [-0.25, -0.2) is 4.98 Å². The van der Waals surface area contributed by atoms with E-state index in [4.69, 9.17) is 9.84 Å². The molecule has 5 heteroatoms. The number of carboxylic acids is 1. The van der Waals surface area contributed by atoms with Gasteiger partial charge in [-0.1, -0.05) is 0 Å². The molecule has 0 amide bonds. The second kappa shape index (κ2) is 6.05. The van der Waals surface area contributed by atoms with E-state index in [-0.39, 0.29) is 6.42 Å². The van der Waals surface area contributed by atoms with Gasteiger partial charge in [-0.15, -0.1) is 0 Å². The predicted molar refractivity (Wildman–Crippen MR) is 76.8 cm³/mol.